The van der Waals surface area contributed by atoms with E-state index in [2.05, 4.69) is 26.1 Å². The maximum atomic E-state index is 12.1. The molecule has 1 unspecified atom stereocenters. The van der Waals surface area contributed by atoms with Crippen molar-refractivity contribution in [2.24, 2.45) is 11.7 Å². The molecule has 3 nitrogen and oxygen atoms in total. The summed E-state index contributed by atoms with van der Waals surface area (Å²) in [6, 6.07) is 0.239. The number of rotatable bonds is 5. The van der Waals surface area contributed by atoms with Gasteiger partial charge in [0.25, 0.3) is 0 Å². The SMILES string of the molecule is CCC(CC)C(C)NC(=O)C1(N)CCCC1. The molecule has 0 saturated heterocycles. The molecule has 0 aromatic rings. The highest BCUT2D eigenvalue weighted by Gasteiger charge is 2.37. The minimum Gasteiger partial charge on any atom is -0.352 e. The molecule has 1 atom stereocenters. The standard InChI is InChI=1S/C13H26N2O/c1-4-11(5-2)10(3)15-12(16)13(14)8-6-7-9-13/h10-11H,4-9,14H2,1-3H3,(H,15,16). The summed E-state index contributed by atoms with van der Waals surface area (Å²) in [7, 11) is 0. The molecule has 1 aliphatic rings. The molecule has 3 heteroatoms. The Balaban J connectivity index is 2.50. The van der Waals surface area contributed by atoms with Crippen molar-refractivity contribution in [3.63, 3.8) is 0 Å². The van der Waals surface area contributed by atoms with Gasteiger partial charge in [0.15, 0.2) is 0 Å². The second-order valence-corrected chi connectivity index (χ2v) is 5.20. The first-order chi connectivity index (χ1) is 7.53. The molecule has 0 heterocycles. The first-order valence-electron chi connectivity index (χ1n) is 6.63. The van der Waals surface area contributed by atoms with Crippen LogP contribution in [-0.2, 0) is 4.79 Å². The van der Waals surface area contributed by atoms with Crippen LogP contribution in [0.25, 0.3) is 0 Å². The minimum atomic E-state index is -0.583. The van der Waals surface area contributed by atoms with Gasteiger partial charge in [0.2, 0.25) is 5.91 Å². The Morgan fingerprint density at radius 1 is 1.31 bits per heavy atom. The van der Waals surface area contributed by atoms with Crippen molar-refractivity contribution in [2.45, 2.75) is 70.9 Å². The van der Waals surface area contributed by atoms with Gasteiger partial charge in [-0.2, -0.15) is 0 Å². The average molecular weight is 226 g/mol. The normalized spacial score (nSPS) is 21.1. The summed E-state index contributed by atoms with van der Waals surface area (Å²) in [6.07, 6.45) is 6.07. The van der Waals surface area contributed by atoms with Crippen molar-refractivity contribution < 1.29 is 4.79 Å². The van der Waals surface area contributed by atoms with Crippen LogP contribution < -0.4 is 11.1 Å². The fourth-order valence-electron chi connectivity index (χ4n) is 2.70. The zero-order valence-electron chi connectivity index (χ0n) is 10.9. The van der Waals surface area contributed by atoms with E-state index >= 15 is 0 Å². The van der Waals surface area contributed by atoms with Crippen LogP contribution in [0.3, 0.4) is 0 Å². The predicted octanol–water partition coefficient (Wildman–Crippen LogP) is 2.20. The van der Waals surface area contributed by atoms with Crippen LogP contribution >= 0.6 is 0 Å². The maximum absolute atomic E-state index is 12.1. The first kappa shape index (κ1) is 13.5. The second kappa shape index (κ2) is 5.67. The van der Waals surface area contributed by atoms with Crippen molar-refractivity contribution in [1.82, 2.24) is 5.32 Å². The number of amides is 1. The van der Waals surface area contributed by atoms with Gasteiger partial charge in [0, 0.05) is 6.04 Å². The van der Waals surface area contributed by atoms with Crippen LogP contribution in [0.2, 0.25) is 0 Å². The van der Waals surface area contributed by atoms with E-state index in [1.807, 2.05) is 0 Å². The number of carbonyl (C=O) groups is 1. The first-order valence-corrected chi connectivity index (χ1v) is 6.63. The average Bonchev–Trinajstić information content (AvgIpc) is 2.68. The quantitative estimate of drug-likeness (QED) is 0.755. The van der Waals surface area contributed by atoms with Crippen LogP contribution in [-0.4, -0.2) is 17.5 Å². The van der Waals surface area contributed by atoms with Crippen molar-refractivity contribution in [2.75, 3.05) is 0 Å². The van der Waals surface area contributed by atoms with E-state index < -0.39 is 5.54 Å². The number of hydrogen-bond donors (Lipinski definition) is 2. The third-order valence-corrected chi connectivity index (χ3v) is 4.06. The highest BCUT2D eigenvalue weighted by Crippen LogP contribution is 2.27. The van der Waals surface area contributed by atoms with Gasteiger partial charge in [-0.15, -0.1) is 0 Å². The minimum absolute atomic E-state index is 0.0596. The van der Waals surface area contributed by atoms with E-state index in [1.165, 1.54) is 0 Å². The Hall–Kier alpha value is -0.570. The number of hydrogen-bond acceptors (Lipinski definition) is 2. The van der Waals surface area contributed by atoms with Crippen LogP contribution in [0.4, 0.5) is 0 Å². The van der Waals surface area contributed by atoms with E-state index in [1.54, 1.807) is 0 Å². The fraction of sp³-hybridized carbons (Fsp3) is 0.923. The van der Waals surface area contributed by atoms with Gasteiger partial charge >= 0.3 is 0 Å². The van der Waals surface area contributed by atoms with Gasteiger partial charge in [-0.1, -0.05) is 39.5 Å². The lowest BCUT2D eigenvalue weighted by Crippen LogP contribution is -2.55. The number of carbonyl (C=O) groups excluding carboxylic acids is 1. The van der Waals surface area contributed by atoms with Crippen molar-refractivity contribution in [3.05, 3.63) is 0 Å². The molecule has 0 spiro atoms. The summed E-state index contributed by atoms with van der Waals surface area (Å²) in [6.45, 7) is 6.43. The van der Waals surface area contributed by atoms with E-state index in [0.29, 0.717) is 5.92 Å². The van der Waals surface area contributed by atoms with Crippen molar-refractivity contribution in [3.8, 4) is 0 Å². The zero-order chi connectivity index (χ0) is 12.2. The topological polar surface area (TPSA) is 55.1 Å². The largest absolute Gasteiger partial charge is 0.352 e. The van der Waals surface area contributed by atoms with Gasteiger partial charge in [-0.3, -0.25) is 4.79 Å². The van der Waals surface area contributed by atoms with Crippen LogP contribution in [0, 0.1) is 5.92 Å². The van der Waals surface area contributed by atoms with E-state index in [4.69, 9.17) is 5.73 Å². The molecule has 1 fully saturated rings. The second-order valence-electron chi connectivity index (χ2n) is 5.20. The summed E-state index contributed by atoms with van der Waals surface area (Å²) in [5.41, 5.74) is 5.54. The Morgan fingerprint density at radius 3 is 2.25 bits per heavy atom. The molecule has 94 valence electrons. The summed E-state index contributed by atoms with van der Waals surface area (Å²) in [4.78, 5) is 12.1. The third-order valence-electron chi connectivity index (χ3n) is 4.06. The molecule has 1 aliphatic carbocycles. The molecule has 1 saturated carbocycles. The van der Waals surface area contributed by atoms with E-state index in [-0.39, 0.29) is 11.9 Å². The Bertz CT molecular complexity index is 230. The highest BCUT2D eigenvalue weighted by molar-refractivity contribution is 5.86. The lowest BCUT2D eigenvalue weighted by molar-refractivity contribution is -0.127. The molecule has 0 aromatic carbocycles. The van der Waals surface area contributed by atoms with Gasteiger partial charge in [0.1, 0.15) is 0 Å². The molecule has 0 radical (unpaired) electrons. The number of nitrogens with two attached hydrogens (primary N) is 1. The van der Waals surface area contributed by atoms with Crippen LogP contribution in [0.1, 0.15) is 59.3 Å². The molecule has 1 amide bonds. The van der Waals surface area contributed by atoms with Crippen LogP contribution in [0.5, 0.6) is 0 Å². The molecule has 16 heavy (non-hydrogen) atoms. The molecule has 0 aromatic heterocycles. The molecule has 0 aliphatic heterocycles. The summed E-state index contributed by atoms with van der Waals surface area (Å²) >= 11 is 0. The monoisotopic (exact) mass is 226 g/mol. The summed E-state index contributed by atoms with van der Waals surface area (Å²) in [5, 5.41) is 3.10. The predicted molar refractivity (Wildman–Crippen MR) is 67.1 cm³/mol. The number of nitrogens with one attached hydrogen (secondary N) is 1. The lowest BCUT2D eigenvalue weighted by Gasteiger charge is -2.28. The van der Waals surface area contributed by atoms with Gasteiger partial charge in [-0.05, 0) is 25.7 Å². The Kier molecular flexibility index (Phi) is 4.78. The molecular formula is C13H26N2O. The fourth-order valence-corrected chi connectivity index (χ4v) is 2.70. The van der Waals surface area contributed by atoms with Crippen molar-refractivity contribution in [1.29, 1.82) is 0 Å². The summed E-state index contributed by atoms with van der Waals surface area (Å²) < 4.78 is 0. The summed E-state index contributed by atoms with van der Waals surface area (Å²) in [5.74, 6) is 0.623. The van der Waals surface area contributed by atoms with E-state index in [9.17, 15) is 4.79 Å². The Labute approximate surface area is 99.2 Å². The van der Waals surface area contributed by atoms with Gasteiger partial charge in [0.05, 0.1) is 5.54 Å². The Morgan fingerprint density at radius 2 is 1.81 bits per heavy atom. The molecular weight excluding hydrogens is 200 g/mol. The third kappa shape index (κ3) is 2.97. The van der Waals surface area contributed by atoms with E-state index in [0.717, 1.165) is 38.5 Å². The lowest BCUT2D eigenvalue weighted by atomic mass is 9.93. The van der Waals surface area contributed by atoms with Crippen LogP contribution in [0.15, 0.2) is 0 Å². The molecule has 3 N–H and O–H groups in total. The van der Waals surface area contributed by atoms with Gasteiger partial charge < -0.3 is 11.1 Å². The smallest absolute Gasteiger partial charge is 0.240 e. The zero-order valence-corrected chi connectivity index (χ0v) is 10.9. The molecule has 1 rings (SSSR count). The van der Waals surface area contributed by atoms with Gasteiger partial charge in [-0.25, -0.2) is 0 Å². The maximum Gasteiger partial charge on any atom is 0.240 e. The highest BCUT2D eigenvalue weighted by atomic mass is 16.2. The van der Waals surface area contributed by atoms with Crippen molar-refractivity contribution >= 4 is 5.91 Å². The molecule has 0 bridgehead atoms.